The molecule has 0 aliphatic heterocycles. The number of carbonyl (C=O) groups is 3. The molecule has 0 radical (unpaired) electrons. The van der Waals surface area contributed by atoms with E-state index in [0.717, 1.165) is 0 Å². The lowest BCUT2D eigenvalue weighted by Gasteiger charge is -2.12. The molecule has 0 aliphatic carbocycles. The molecule has 2 unspecified atom stereocenters. The van der Waals surface area contributed by atoms with Crippen LogP contribution in [0.15, 0.2) is 0 Å². The van der Waals surface area contributed by atoms with Crippen molar-refractivity contribution >= 4 is 17.8 Å². The second-order valence-electron chi connectivity index (χ2n) is 5.06. The maximum absolute atomic E-state index is 11.4. The third-order valence-corrected chi connectivity index (χ3v) is 3.50. The fourth-order valence-corrected chi connectivity index (χ4v) is 2.00. The number of hydrogen-bond acceptors (Lipinski definition) is 5. The summed E-state index contributed by atoms with van der Waals surface area (Å²) in [6.07, 6.45) is 3.23. The van der Waals surface area contributed by atoms with Crippen LogP contribution in [0, 0.1) is 11.8 Å². The first-order valence-electron chi connectivity index (χ1n) is 7.43. The Balaban J connectivity index is 3.72. The molecule has 21 heavy (non-hydrogen) atoms. The maximum atomic E-state index is 11.4. The highest BCUT2D eigenvalue weighted by Crippen LogP contribution is 2.12. The van der Waals surface area contributed by atoms with Gasteiger partial charge in [0.25, 0.3) is 0 Å². The monoisotopic (exact) mass is 301 g/mol. The van der Waals surface area contributed by atoms with Gasteiger partial charge in [0.05, 0.1) is 0 Å². The van der Waals surface area contributed by atoms with Crippen LogP contribution in [0.4, 0.5) is 0 Å². The fraction of sp³-hybridized carbons (Fsp3) is 0.786. The highest BCUT2D eigenvalue weighted by atomic mass is 16.7. The molecule has 7 heteroatoms. The van der Waals surface area contributed by atoms with Gasteiger partial charge in [-0.3, -0.25) is 14.4 Å². The van der Waals surface area contributed by atoms with E-state index in [-0.39, 0.29) is 36.0 Å². The average Bonchev–Trinajstić information content (AvgIpc) is 2.42. The summed E-state index contributed by atoms with van der Waals surface area (Å²) in [5.74, 6) is -1.46. The Morgan fingerprint density at radius 1 is 1.00 bits per heavy atom. The third-order valence-electron chi connectivity index (χ3n) is 3.50. The summed E-state index contributed by atoms with van der Waals surface area (Å²) in [6, 6.07) is 0. The molecular weight excluding hydrogens is 274 g/mol. The molecule has 7 nitrogen and oxygen atoms in total. The molecule has 0 saturated heterocycles. The first-order chi connectivity index (χ1) is 9.92. The van der Waals surface area contributed by atoms with Gasteiger partial charge in [-0.1, -0.05) is 13.8 Å². The van der Waals surface area contributed by atoms with E-state index in [1.807, 2.05) is 13.8 Å². The Kier molecular flexibility index (Phi) is 10.2. The Hall–Kier alpha value is -1.63. The van der Waals surface area contributed by atoms with Crippen molar-refractivity contribution in [2.75, 3.05) is 6.54 Å². The lowest BCUT2D eigenvalue weighted by molar-refractivity contribution is -0.151. The molecular formula is C14H27N3O4. The van der Waals surface area contributed by atoms with Gasteiger partial charge in [0.2, 0.25) is 11.8 Å². The van der Waals surface area contributed by atoms with E-state index in [9.17, 15) is 14.4 Å². The summed E-state index contributed by atoms with van der Waals surface area (Å²) in [6.45, 7) is 4.15. The molecule has 0 aromatic heterocycles. The van der Waals surface area contributed by atoms with Gasteiger partial charge in [0.1, 0.15) is 0 Å². The normalized spacial score (nSPS) is 13.4. The van der Waals surface area contributed by atoms with Crippen molar-refractivity contribution in [3.8, 4) is 0 Å². The van der Waals surface area contributed by atoms with Crippen LogP contribution in [0.3, 0.4) is 0 Å². The van der Waals surface area contributed by atoms with Crippen LogP contribution < -0.4 is 16.9 Å². The van der Waals surface area contributed by atoms with E-state index in [2.05, 4.69) is 5.48 Å². The summed E-state index contributed by atoms with van der Waals surface area (Å²) < 4.78 is 0. The molecule has 0 saturated carbocycles. The first-order valence-corrected chi connectivity index (χ1v) is 7.43. The number of hydroxylamine groups is 1. The summed E-state index contributed by atoms with van der Waals surface area (Å²) in [4.78, 5) is 38.3. The molecule has 5 N–H and O–H groups in total. The van der Waals surface area contributed by atoms with Gasteiger partial charge in [-0.15, -0.1) is 0 Å². The molecule has 0 bridgehead atoms. The molecule has 0 heterocycles. The Labute approximate surface area is 125 Å². The molecule has 2 atom stereocenters. The van der Waals surface area contributed by atoms with Crippen molar-refractivity contribution in [1.29, 1.82) is 0 Å². The lowest BCUT2D eigenvalue weighted by Crippen LogP contribution is -2.28. The molecule has 2 amide bonds. The van der Waals surface area contributed by atoms with E-state index in [1.54, 1.807) is 0 Å². The quantitative estimate of drug-likeness (QED) is 0.360. The van der Waals surface area contributed by atoms with Crippen LogP contribution in [0.25, 0.3) is 0 Å². The summed E-state index contributed by atoms with van der Waals surface area (Å²) >= 11 is 0. The van der Waals surface area contributed by atoms with Gasteiger partial charge < -0.3 is 16.3 Å². The minimum Gasteiger partial charge on any atom is -0.371 e. The predicted octanol–water partition coefficient (Wildman–Crippen LogP) is 0.618. The van der Waals surface area contributed by atoms with Gasteiger partial charge in [-0.25, -0.2) is 0 Å². The number of carbonyl (C=O) groups excluding carboxylic acids is 3. The van der Waals surface area contributed by atoms with Crippen LogP contribution in [0.5, 0.6) is 0 Å². The minimum absolute atomic E-state index is 0.188. The molecule has 122 valence electrons. The second-order valence-corrected chi connectivity index (χ2v) is 5.06. The van der Waals surface area contributed by atoms with Gasteiger partial charge in [-0.2, -0.15) is 5.48 Å². The number of nitrogens with one attached hydrogen (secondary N) is 1. The van der Waals surface area contributed by atoms with Crippen molar-refractivity contribution < 1.29 is 19.2 Å². The van der Waals surface area contributed by atoms with E-state index in [0.29, 0.717) is 38.6 Å². The van der Waals surface area contributed by atoms with Crippen molar-refractivity contribution in [2.45, 2.75) is 52.4 Å². The molecule has 0 aromatic rings. The summed E-state index contributed by atoms with van der Waals surface area (Å²) in [5, 5.41) is 0. The largest absolute Gasteiger partial charge is 0.371 e. The average molecular weight is 301 g/mol. The lowest BCUT2D eigenvalue weighted by atomic mass is 9.99. The number of nitrogens with two attached hydrogens (primary N) is 2. The van der Waals surface area contributed by atoms with E-state index in [1.165, 1.54) is 0 Å². The van der Waals surface area contributed by atoms with E-state index < -0.39 is 0 Å². The summed E-state index contributed by atoms with van der Waals surface area (Å²) in [7, 11) is 0. The van der Waals surface area contributed by atoms with Crippen molar-refractivity contribution in [1.82, 2.24) is 5.48 Å². The zero-order valence-corrected chi connectivity index (χ0v) is 12.9. The van der Waals surface area contributed by atoms with Gasteiger partial charge in [-0.05, 0) is 32.1 Å². The minimum atomic E-state index is -0.388. The van der Waals surface area contributed by atoms with Crippen LogP contribution in [-0.2, 0) is 19.2 Å². The van der Waals surface area contributed by atoms with E-state index >= 15 is 0 Å². The van der Waals surface area contributed by atoms with Crippen molar-refractivity contribution in [3.63, 3.8) is 0 Å². The van der Waals surface area contributed by atoms with Crippen molar-refractivity contribution in [3.05, 3.63) is 0 Å². The molecule has 0 aliphatic rings. The smallest absolute Gasteiger partial charge is 0.324 e. The van der Waals surface area contributed by atoms with Gasteiger partial charge in [0.15, 0.2) is 0 Å². The topological polar surface area (TPSA) is 125 Å². The van der Waals surface area contributed by atoms with Crippen LogP contribution in [0.2, 0.25) is 0 Å². The maximum Gasteiger partial charge on any atom is 0.324 e. The molecule has 0 fully saturated rings. The third kappa shape index (κ3) is 9.01. The summed E-state index contributed by atoms with van der Waals surface area (Å²) in [5.41, 5.74) is 13.0. The zero-order valence-electron chi connectivity index (χ0n) is 12.9. The molecule has 0 rings (SSSR count). The zero-order chi connectivity index (χ0) is 16.3. The first kappa shape index (κ1) is 19.4. The highest BCUT2D eigenvalue weighted by molar-refractivity contribution is 5.77. The predicted molar refractivity (Wildman–Crippen MR) is 78.5 cm³/mol. The standard InChI is InChI=1S/C14H27N3O4/c1-3-10(13(15)19)6-5-7-12(18)21-17-9-8-11(4-2)14(16)20/h10-11,17H,3-9H2,1-2H3,(H2,15,19)(H2,16,20). The van der Waals surface area contributed by atoms with E-state index in [4.69, 9.17) is 16.3 Å². The highest BCUT2D eigenvalue weighted by Gasteiger charge is 2.14. The Morgan fingerprint density at radius 2 is 1.52 bits per heavy atom. The number of amides is 2. The van der Waals surface area contributed by atoms with Crippen LogP contribution >= 0.6 is 0 Å². The van der Waals surface area contributed by atoms with Gasteiger partial charge >= 0.3 is 5.97 Å². The molecule has 0 spiro atoms. The fourth-order valence-electron chi connectivity index (χ4n) is 2.00. The second kappa shape index (κ2) is 11.1. The van der Waals surface area contributed by atoms with Crippen molar-refractivity contribution in [2.24, 2.45) is 23.3 Å². The Bertz CT molecular complexity index is 347. The Morgan fingerprint density at radius 3 is 2.00 bits per heavy atom. The number of primary amides is 2. The number of rotatable bonds is 12. The van der Waals surface area contributed by atoms with Gasteiger partial charge in [0, 0.05) is 24.8 Å². The SMILES string of the molecule is CCC(CCCC(=O)ONCCC(CC)C(N)=O)C(N)=O. The van der Waals surface area contributed by atoms with Crippen LogP contribution in [-0.4, -0.2) is 24.3 Å². The van der Waals surface area contributed by atoms with Crippen LogP contribution in [0.1, 0.15) is 52.4 Å². The molecule has 0 aromatic carbocycles. The number of hydrogen-bond donors (Lipinski definition) is 3.